The van der Waals surface area contributed by atoms with Crippen molar-refractivity contribution in [3.05, 3.63) is 87.4 Å². The molecule has 0 aliphatic rings. The molecule has 0 aromatic heterocycles. The summed E-state index contributed by atoms with van der Waals surface area (Å²) in [6.07, 6.45) is 0. The van der Waals surface area contributed by atoms with Gasteiger partial charge in [-0.1, -0.05) is 57.9 Å². The maximum Gasteiger partial charge on any atom is 0.166 e. The van der Waals surface area contributed by atoms with Crippen LogP contribution in [0.2, 0.25) is 5.02 Å². The van der Waals surface area contributed by atoms with Gasteiger partial charge in [-0.25, -0.2) is 0 Å². The van der Waals surface area contributed by atoms with E-state index in [1.807, 2.05) is 66.7 Å². The van der Waals surface area contributed by atoms with E-state index < -0.39 is 0 Å². The monoisotopic (exact) mass is 431 g/mol. The van der Waals surface area contributed by atoms with E-state index in [1.165, 1.54) is 0 Å². The summed E-state index contributed by atoms with van der Waals surface area (Å²) in [6, 6.07) is 21.6. The molecule has 1 N–H and O–H groups in total. The Balaban J connectivity index is 1.77. The molecule has 0 atom stereocenters. The summed E-state index contributed by atoms with van der Waals surface area (Å²) in [5.74, 6) is 1.42. The van der Waals surface area contributed by atoms with Gasteiger partial charge in [0, 0.05) is 32.9 Å². The van der Waals surface area contributed by atoms with Gasteiger partial charge >= 0.3 is 0 Å². The largest absolute Gasteiger partial charge is 0.493 e. The van der Waals surface area contributed by atoms with Crippen molar-refractivity contribution >= 4 is 33.2 Å². The molecule has 0 saturated carbocycles. The minimum Gasteiger partial charge on any atom is -0.493 e. The van der Waals surface area contributed by atoms with E-state index in [4.69, 9.17) is 21.1 Å². The van der Waals surface area contributed by atoms with Crippen molar-refractivity contribution in [1.82, 2.24) is 0 Å². The highest BCUT2D eigenvalue weighted by Crippen LogP contribution is 2.33. The van der Waals surface area contributed by atoms with Gasteiger partial charge in [-0.2, -0.15) is 0 Å². The first-order valence-corrected chi connectivity index (χ1v) is 9.36. The molecule has 0 bridgehead atoms. The molecule has 26 heavy (non-hydrogen) atoms. The number of ether oxygens (including phenoxy) is 2. The van der Waals surface area contributed by atoms with Crippen LogP contribution >= 0.6 is 27.5 Å². The predicted molar refractivity (Wildman–Crippen MR) is 110 cm³/mol. The van der Waals surface area contributed by atoms with Crippen LogP contribution in [0.4, 0.5) is 5.69 Å². The lowest BCUT2D eigenvalue weighted by Crippen LogP contribution is -2.05. The molecule has 3 aromatic rings. The molecule has 0 fully saturated rings. The molecule has 0 radical (unpaired) electrons. The zero-order valence-electron chi connectivity index (χ0n) is 14.3. The van der Waals surface area contributed by atoms with Gasteiger partial charge in [0.1, 0.15) is 6.61 Å². The van der Waals surface area contributed by atoms with Crippen molar-refractivity contribution in [2.75, 3.05) is 12.4 Å². The zero-order chi connectivity index (χ0) is 18.4. The molecule has 0 heterocycles. The van der Waals surface area contributed by atoms with Gasteiger partial charge < -0.3 is 14.8 Å². The fraction of sp³-hybridized carbons (Fsp3) is 0.143. The minimum absolute atomic E-state index is 0.380. The van der Waals surface area contributed by atoms with Gasteiger partial charge in [0.05, 0.1) is 7.11 Å². The molecule has 3 nitrogen and oxygen atoms in total. The maximum absolute atomic E-state index is 6.23. The fourth-order valence-corrected chi connectivity index (χ4v) is 3.01. The molecular weight excluding hydrogens is 414 g/mol. The summed E-state index contributed by atoms with van der Waals surface area (Å²) < 4.78 is 12.6. The third-order valence-electron chi connectivity index (χ3n) is 3.94. The van der Waals surface area contributed by atoms with Crippen LogP contribution in [0.3, 0.4) is 0 Å². The average molecular weight is 433 g/mol. The SMILES string of the molecule is COc1cccc(CNc2ccc(Br)cc2)c1OCc1ccccc1Cl. The first-order valence-electron chi connectivity index (χ1n) is 8.19. The molecule has 0 spiro atoms. The lowest BCUT2D eigenvalue weighted by atomic mass is 10.1. The van der Waals surface area contributed by atoms with Crippen molar-refractivity contribution in [3.8, 4) is 11.5 Å². The third-order valence-corrected chi connectivity index (χ3v) is 4.83. The zero-order valence-corrected chi connectivity index (χ0v) is 16.7. The molecule has 0 amide bonds. The van der Waals surface area contributed by atoms with Gasteiger partial charge in [-0.05, 0) is 36.4 Å². The van der Waals surface area contributed by atoms with E-state index in [0.717, 1.165) is 27.0 Å². The second kappa shape index (κ2) is 8.97. The summed E-state index contributed by atoms with van der Waals surface area (Å²) in [4.78, 5) is 0. The van der Waals surface area contributed by atoms with E-state index in [9.17, 15) is 0 Å². The average Bonchev–Trinajstić information content (AvgIpc) is 2.67. The van der Waals surface area contributed by atoms with Crippen LogP contribution in [0, 0.1) is 0 Å². The highest BCUT2D eigenvalue weighted by atomic mass is 79.9. The Labute approximate surface area is 167 Å². The Morgan fingerprint density at radius 3 is 2.38 bits per heavy atom. The van der Waals surface area contributed by atoms with Gasteiger partial charge in [-0.15, -0.1) is 0 Å². The number of rotatable bonds is 7. The molecular formula is C21H19BrClNO2. The number of hydrogen-bond acceptors (Lipinski definition) is 3. The Kier molecular flexibility index (Phi) is 6.42. The Bertz CT molecular complexity index is 868. The predicted octanol–water partition coefficient (Wildman–Crippen LogP) is 6.30. The quantitative estimate of drug-likeness (QED) is 0.475. The smallest absolute Gasteiger partial charge is 0.166 e. The van der Waals surface area contributed by atoms with Crippen LogP contribution < -0.4 is 14.8 Å². The van der Waals surface area contributed by atoms with E-state index >= 15 is 0 Å². The van der Waals surface area contributed by atoms with Crippen LogP contribution in [-0.4, -0.2) is 7.11 Å². The van der Waals surface area contributed by atoms with E-state index in [-0.39, 0.29) is 0 Å². The normalized spacial score (nSPS) is 10.4. The molecule has 0 saturated heterocycles. The Hall–Kier alpha value is -2.17. The second-order valence-corrected chi connectivity index (χ2v) is 7.01. The van der Waals surface area contributed by atoms with Gasteiger partial charge in [0.2, 0.25) is 0 Å². The Morgan fingerprint density at radius 2 is 1.65 bits per heavy atom. The Morgan fingerprint density at radius 1 is 0.923 bits per heavy atom. The van der Waals surface area contributed by atoms with E-state index in [1.54, 1.807) is 7.11 Å². The molecule has 3 aromatic carbocycles. The van der Waals surface area contributed by atoms with E-state index in [2.05, 4.69) is 21.2 Å². The highest BCUT2D eigenvalue weighted by molar-refractivity contribution is 9.10. The number of hydrogen-bond donors (Lipinski definition) is 1. The maximum atomic E-state index is 6.23. The van der Waals surface area contributed by atoms with Crippen molar-refractivity contribution in [2.45, 2.75) is 13.2 Å². The molecule has 5 heteroatoms. The topological polar surface area (TPSA) is 30.5 Å². The molecule has 3 rings (SSSR count). The van der Waals surface area contributed by atoms with Crippen LogP contribution in [0.25, 0.3) is 0 Å². The highest BCUT2D eigenvalue weighted by Gasteiger charge is 2.12. The van der Waals surface area contributed by atoms with Crippen LogP contribution in [0.15, 0.2) is 71.2 Å². The first-order chi connectivity index (χ1) is 12.7. The standard InChI is InChI=1S/C21H19BrClNO2/c1-25-20-8-4-6-15(13-24-18-11-9-17(22)10-12-18)21(20)26-14-16-5-2-3-7-19(16)23/h2-12,24H,13-14H2,1H3. The van der Waals surface area contributed by atoms with Gasteiger partial charge in [-0.3, -0.25) is 0 Å². The van der Waals surface area contributed by atoms with Crippen molar-refractivity contribution in [2.24, 2.45) is 0 Å². The molecule has 0 aliphatic heterocycles. The van der Waals surface area contributed by atoms with Crippen molar-refractivity contribution in [3.63, 3.8) is 0 Å². The summed E-state index contributed by atoms with van der Waals surface area (Å²) in [7, 11) is 1.64. The molecule has 0 unspecified atom stereocenters. The lowest BCUT2D eigenvalue weighted by molar-refractivity contribution is 0.282. The summed E-state index contributed by atoms with van der Waals surface area (Å²) >= 11 is 9.68. The lowest BCUT2D eigenvalue weighted by Gasteiger charge is -2.16. The number of para-hydroxylation sites is 1. The minimum atomic E-state index is 0.380. The van der Waals surface area contributed by atoms with E-state index in [0.29, 0.717) is 23.9 Å². The number of benzene rings is 3. The number of halogens is 2. The number of methoxy groups -OCH3 is 1. The summed E-state index contributed by atoms with van der Waals surface area (Å²) in [5.41, 5.74) is 2.99. The van der Waals surface area contributed by atoms with Crippen LogP contribution in [0.5, 0.6) is 11.5 Å². The molecule has 134 valence electrons. The third kappa shape index (κ3) is 4.71. The van der Waals surface area contributed by atoms with Crippen LogP contribution in [0.1, 0.15) is 11.1 Å². The summed E-state index contributed by atoms with van der Waals surface area (Å²) in [5, 5.41) is 4.10. The van der Waals surface area contributed by atoms with Crippen molar-refractivity contribution in [1.29, 1.82) is 0 Å². The van der Waals surface area contributed by atoms with Gasteiger partial charge in [0.15, 0.2) is 11.5 Å². The number of nitrogens with one attached hydrogen (secondary N) is 1. The fourth-order valence-electron chi connectivity index (χ4n) is 2.56. The van der Waals surface area contributed by atoms with Crippen molar-refractivity contribution < 1.29 is 9.47 Å². The number of anilines is 1. The summed E-state index contributed by atoms with van der Waals surface area (Å²) in [6.45, 7) is 1.00. The molecule has 0 aliphatic carbocycles. The second-order valence-electron chi connectivity index (χ2n) is 5.69. The first kappa shape index (κ1) is 18.6. The van der Waals surface area contributed by atoms with Gasteiger partial charge in [0.25, 0.3) is 0 Å². The van der Waals surface area contributed by atoms with Crippen LogP contribution in [-0.2, 0) is 13.2 Å².